The highest BCUT2D eigenvalue weighted by Gasteiger charge is 2.37. The Kier molecular flexibility index (Phi) is 3.17. The number of anilines is 1. The van der Waals surface area contributed by atoms with Gasteiger partial charge in [0.25, 0.3) is 0 Å². The molecule has 1 aromatic rings. The Morgan fingerprint density at radius 3 is 2.65 bits per heavy atom. The fourth-order valence-corrected chi connectivity index (χ4v) is 3.52. The summed E-state index contributed by atoms with van der Waals surface area (Å²) >= 11 is 2.94. The average Bonchev–Trinajstić information content (AvgIpc) is 2.86. The van der Waals surface area contributed by atoms with Crippen LogP contribution in [0.2, 0.25) is 0 Å². The van der Waals surface area contributed by atoms with Crippen LogP contribution in [0.3, 0.4) is 0 Å². The minimum absolute atomic E-state index is 0.0387. The van der Waals surface area contributed by atoms with Crippen molar-refractivity contribution in [2.45, 2.75) is 24.3 Å². The number of nitrogens with one attached hydrogen (secondary N) is 1. The normalized spacial score (nSPS) is 23.7. The van der Waals surface area contributed by atoms with Crippen LogP contribution in [0.1, 0.15) is 13.3 Å². The highest BCUT2D eigenvalue weighted by molar-refractivity contribution is 9.10. The summed E-state index contributed by atoms with van der Waals surface area (Å²) in [6, 6.07) is 2.14. The van der Waals surface area contributed by atoms with Gasteiger partial charge in [0.2, 0.25) is 10.0 Å². The zero-order valence-electron chi connectivity index (χ0n) is 9.07. The Hall–Kier alpha value is -0.660. The zero-order valence-corrected chi connectivity index (χ0v) is 11.5. The van der Waals surface area contributed by atoms with Crippen LogP contribution in [-0.4, -0.2) is 14.5 Å². The largest absolute Gasteiger partial charge is 0.398 e. The number of benzene rings is 1. The molecule has 1 fully saturated rings. The molecule has 0 spiro atoms. The van der Waals surface area contributed by atoms with E-state index in [1.54, 1.807) is 0 Å². The second-order valence-corrected chi connectivity index (χ2v) is 6.78. The molecule has 0 aromatic heterocycles. The minimum Gasteiger partial charge on any atom is -0.398 e. The quantitative estimate of drug-likeness (QED) is 0.834. The Balaban J connectivity index is 2.35. The van der Waals surface area contributed by atoms with Crippen molar-refractivity contribution in [2.75, 3.05) is 5.73 Å². The molecule has 1 aromatic carbocycles. The third kappa shape index (κ3) is 2.61. The fraction of sp³-hybridized carbons (Fsp3) is 0.400. The molecule has 1 aliphatic carbocycles. The lowest BCUT2D eigenvalue weighted by Crippen LogP contribution is -2.27. The molecule has 94 valence electrons. The van der Waals surface area contributed by atoms with Crippen molar-refractivity contribution in [2.24, 2.45) is 5.92 Å². The van der Waals surface area contributed by atoms with Crippen LogP contribution < -0.4 is 10.5 Å². The summed E-state index contributed by atoms with van der Waals surface area (Å²) in [6.45, 7) is 1.96. The lowest BCUT2D eigenvalue weighted by Gasteiger charge is -2.09. The molecule has 3 N–H and O–H groups in total. The number of hydrogen-bond acceptors (Lipinski definition) is 3. The molecule has 2 unspecified atom stereocenters. The first-order chi connectivity index (χ1) is 7.81. The summed E-state index contributed by atoms with van der Waals surface area (Å²) in [5.41, 5.74) is 5.44. The van der Waals surface area contributed by atoms with Gasteiger partial charge in [-0.1, -0.05) is 6.92 Å². The van der Waals surface area contributed by atoms with Crippen molar-refractivity contribution in [3.8, 4) is 0 Å². The molecule has 4 nitrogen and oxygen atoms in total. The maximum Gasteiger partial charge on any atom is 0.242 e. The summed E-state index contributed by atoms with van der Waals surface area (Å²) in [6.07, 6.45) is 0.821. The molecule has 1 saturated carbocycles. The average molecular weight is 323 g/mol. The van der Waals surface area contributed by atoms with Crippen molar-refractivity contribution in [1.29, 1.82) is 0 Å². The monoisotopic (exact) mass is 322 g/mol. The predicted molar refractivity (Wildman–Crippen MR) is 66.4 cm³/mol. The summed E-state index contributed by atoms with van der Waals surface area (Å²) in [7, 11) is -3.67. The van der Waals surface area contributed by atoms with E-state index < -0.39 is 15.8 Å². The third-order valence-corrected chi connectivity index (χ3v) is 4.91. The molecule has 1 aliphatic rings. The van der Waals surface area contributed by atoms with E-state index in [1.807, 2.05) is 6.92 Å². The van der Waals surface area contributed by atoms with Crippen molar-refractivity contribution >= 4 is 31.6 Å². The lowest BCUT2D eigenvalue weighted by molar-refractivity contribution is 0.577. The van der Waals surface area contributed by atoms with Crippen LogP contribution >= 0.6 is 15.9 Å². The number of hydrogen-bond donors (Lipinski definition) is 2. The van der Waals surface area contributed by atoms with Crippen molar-refractivity contribution < 1.29 is 12.8 Å². The van der Waals surface area contributed by atoms with E-state index in [4.69, 9.17) is 5.73 Å². The summed E-state index contributed by atoms with van der Waals surface area (Å²) < 4.78 is 39.7. The van der Waals surface area contributed by atoms with Crippen LogP contribution in [-0.2, 0) is 10.0 Å². The summed E-state index contributed by atoms with van der Waals surface area (Å²) in [4.78, 5) is -0.0927. The van der Waals surface area contributed by atoms with E-state index in [2.05, 4.69) is 20.7 Å². The highest BCUT2D eigenvalue weighted by Crippen LogP contribution is 2.32. The smallest absolute Gasteiger partial charge is 0.242 e. The molecule has 7 heteroatoms. The van der Waals surface area contributed by atoms with Gasteiger partial charge >= 0.3 is 0 Å². The molecule has 0 saturated heterocycles. The molecule has 0 radical (unpaired) electrons. The maximum absolute atomic E-state index is 13.1. The highest BCUT2D eigenvalue weighted by atomic mass is 79.9. The van der Waals surface area contributed by atoms with Crippen LogP contribution in [0.15, 0.2) is 21.5 Å². The number of sulfonamides is 1. The lowest BCUT2D eigenvalue weighted by atomic mass is 10.3. The number of nitrogens with two attached hydrogens (primary N) is 1. The Labute approximate surface area is 108 Å². The fourth-order valence-electron chi connectivity index (χ4n) is 1.53. The first-order valence-corrected chi connectivity index (χ1v) is 7.35. The number of nitrogen functional groups attached to an aromatic ring is 1. The van der Waals surface area contributed by atoms with Gasteiger partial charge in [-0.3, -0.25) is 0 Å². The van der Waals surface area contributed by atoms with E-state index >= 15 is 0 Å². The molecule has 17 heavy (non-hydrogen) atoms. The van der Waals surface area contributed by atoms with Crippen molar-refractivity contribution in [1.82, 2.24) is 4.72 Å². The van der Waals surface area contributed by atoms with Crippen LogP contribution in [0.25, 0.3) is 0 Å². The van der Waals surface area contributed by atoms with Gasteiger partial charge in [-0.2, -0.15) is 0 Å². The SMILES string of the molecule is CC1CC1NS(=O)(=O)c1cc(Br)c(F)cc1N. The second kappa shape index (κ2) is 4.22. The van der Waals surface area contributed by atoms with Gasteiger partial charge in [-0.05, 0) is 40.4 Å². The van der Waals surface area contributed by atoms with Crippen LogP contribution in [0, 0.1) is 11.7 Å². The van der Waals surface area contributed by atoms with Gasteiger partial charge < -0.3 is 5.73 Å². The van der Waals surface area contributed by atoms with E-state index in [-0.39, 0.29) is 21.1 Å². The zero-order chi connectivity index (χ0) is 12.8. The Morgan fingerprint density at radius 1 is 1.53 bits per heavy atom. The Morgan fingerprint density at radius 2 is 2.12 bits per heavy atom. The molecular weight excluding hydrogens is 311 g/mol. The van der Waals surface area contributed by atoms with Gasteiger partial charge in [0, 0.05) is 6.04 Å². The van der Waals surface area contributed by atoms with Gasteiger partial charge in [-0.15, -0.1) is 0 Å². The molecule has 0 heterocycles. The van der Waals surface area contributed by atoms with Crippen molar-refractivity contribution in [3.05, 3.63) is 22.4 Å². The number of rotatable bonds is 3. The molecule has 0 aliphatic heterocycles. The third-order valence-electron chi connectivity index (χ3n) is 2.76. The van der Waals surface area contributed by atoms with Gasteiger partial charge in [0.15, 0.2) is 0 Å². The first kappa shape index (κ1) is 12.8. The molecule has 0 amide bonds. The van der Waals surface area contributed by atoms with Crippen LogP contribution in [0.5, 0.6) is 0 Å². The standard InChI is InChI=1S/C10H12BrFN2O2S/c1-5-2-9(5)14-17(15,16)10-3-6(11)7(12)4-8(10)13/h3-5,9,14H,2,13H2,1H3. The van der Waals surface area contributed by atoms with Gasteiger partial charge in [0.05, 0.1) is 10.2 Å². The topological polar surface area (TPSA) is 72.2 Å². The Bertz CT molecular complexity index is 562. The number of halogens is 2. The summed E-state index contributed by atoms with van der Waals surface area (Å²) in [5, 5.41) is 0. The predicted octanol–water partition coefficient (Wildman–Crippen LogP) is 1.86. The minimum atomic E-state index is -3.67. The van der Waals surface area contributed by atoms with E-state index in [0.717, 1.165) is 12.5 Å². The van der Waals surface area contributed by atoms with E-state index in [1.165, 1.54) is 6.07 Å². The molecule has 2 rings (SSSR count). The first-order valence-electron chi connectivity index (χ1n) is 5.08. The van der Waals surface area contributed by atoms with E-state index in [9.17, 15) is 12.8 Å². The molecular formula is C10H12BrFN2O2S. The molecule has 2 atom stereocenters. The second-order valence-electron chi connectivity index (χ2n) is 4.24. The molecule has 0 bridgehead atoms. The van der Waals surface area contributed by atoms with Crippen molar-refractivity contribution in [3.63, 3.8) is 0 Å². The summed E-state index contributed by atoms with van der Waals surface area (Å²) in [5.74, 6) is -0.240. The van der Waals surface area contributed by atoms with Crippen LogP contribution in [0.4, 0.5) is 10.1 Å². The van der Waals surface area contributed by atoms with Gasteiger partial charge in [0.1, 0.15) is 10.7 Å². The van der Waals surface area contributed by atoms with Gasteiger partial charge in [-0.25, -0.2) is 17.5 Å². The maximum atomic E-state index is 13.1. The van der Waals surface area contributed by atoms with E-state index in [0.29, 0.717) is 5.92 Å².